The van der Waals surface area contributed by atoms with E-state index in [0.29, 0.717) is 5.82 Å². The zero-order chi connectivity index (χ0) is 14.8. The Bertz CT molecular complexity index is 722. The first-order valence-electron chi connectivity index (χ1n) is 5.33. The maximum absolute atomic E-state index is 13.6. The van der Waals surface area contributed by atoms with Gasteiger partial charge in [0.15, 0.2) is 0 Å². The molecule has 0 fully saturated rings. The van der Waals surface area contributed by atoms with Crippen LogP contribution in [0.1, 0.15) is 0 Å². The van der Waals surface area contributed by atoms with Crippen molar-refractivity contribution in [2.24, 2.45) is 5.84 Å². The zero-order valence-electron chi connectivity index (χ0n) is 9.97. The number of sulfonamides is 1. The second kappa shape index (κ2) is 5.61. The third-order valence-corrected chi connectivity index (χ3v) is 3.96. The summed E-state index contributed by atoms with van der Waals surface area (Å²) in [5.74, 6) is 4.66. The van der Waals surface area contributed by atoms with Gasteiger partial charge in [0.25, 0.3) is 10.0 Å². The van der Waals surface area contributed by atoms with Gasteiger partial charge in [0, 0.05) is 11.2 Å². The van der Waals surface area contributed by atoms with Gasteiger partial charge >= 0.3 is 0 Å². The van der Waals surface area contributed by atoms with Crippen LogP contribution in [-0.2, 0) is 10.0 Å². The van der Waals surface area contributed by atoms with Crippen LogP contribution in [0.2, 0.25) is 5.02 Å². The summed E-state index contributed by atoms with van der Waals surface area (Å²) >= 11 is 5.59. The summed E-state index contributed by atoms with van der Waals surface area (Å²) in [5, 5.41) is 0.172. The van der Waals surface area contributed by atoms with Crippen molar-refractivity contribution in [3.05, 3.63) is 47.4 Å². The lowest BCUT2D eigenvalue weighted by Crippen LogP contribution is -2.15. The number of nitrogen functional groups attached to an aromatic ring is 1. The molecular formula is C11H10ClFN4O2S. The topological polar surface area (TPSA) is 97.1 Å². The van der Waals surface area contributed by atoms with Crippen LogP contribution in [0.25, 0.3) is 0 Å². The predicted octanol–water partition coefficient (Wildman–Crippen LogP) is 1.96. The Morgan fingerprint density at radius 2 is 2.00 bits per heavy atom. The first kappa shape index (κ1) is 14.5. The van der Waals surface area contributed by atoms with Crippen molar-refractivity contribution in [1.29, 1.82) is 0 Å². The average molecular weight is 317 g/mol. The Balaban J connectivity index is 2.30. The molecular weight excluding hydrogens is 307 g/mol. The Kier molecular flexibility index (Phi) is 4.07. The van der Waals surface area contributed by atoms with Crippen molar-refractivity contribution in [2.75, 3.05) is 10.1 Å². The number of nitrogens with one attached hydrogen (secondary N) is 2. The third-order valence-electron chi connectivity index (χ3n) is 2.37. The zero-order valence-corrected chi connectivity index (χ0v) is 11.5. The van der Waals surface area contributed by atoms with Gasteiger partial charge in [-0.15, -0.1) is 0 Å². The summed E-state index contributed by atoms with van der Waals surface area (Å²) in [6, 6.07) is 6.30. The number of rotatable bonds is 4. The van der Waals surface area contributed by atoms with E-state index in [4.69, 9.17) is 17.4 Å². The molecule has 0 bridgehead atoms. The number of aromatic nitrogens is 1. The lowest BCUT2D eigenvalue weighted by molar-refractivity contribution is 0.598. The van der Waals surface area contributed by atoms with Gasteiger partial charge in [0.2, 0.25) is 0 Å². The van der Waals surface area contributed by atoms with Crippen LogP contribution in [0.3, 0.4) is 0 Å². The molecule has 0 unspecified atom stereocenters. The molecule has 0 aliphatic carbocycles. The minimum Gasteiger partial charge on any atom is -0.308 e. The first-order chi connectivity index (χ1) is 9.42. The Morgan fingerprint density at radius 1 is 1.25 bits per heavy atom. The molecule has 2 aromatic rings. The molecule has 0 amide bonds. The summed E-state index contributed by atoms with van der Waals surface area (Å²) < 4.78 is 39.7. The van der Waals surface area contributed by atoms with Gasteiger partial charge in [-0.2, -0.15) is 0 Å². The molecule has 9 heteroatoms. The van der Waals surface area contributed by atoms with Crippen LogP contribution >= 0.6 is 11.6 Å². The van der Waals surface area contributed by atoms with E-state index >= 15 is 0 Å². The van der Waals surface area contributed by atoms with Crippen molar-refractivity contribution in [1.82, 2.24) is 4.98 Å². The minimum absolute atomic E-state index is 0.120. The number of hydrogen-bond acceptors (Lipinski definition) is 5. The van der Waals surface area contributed by atoms with Crippen molar-refractivity contribution in [3.8, 4) is 0 Å². The fraction of sp³-hybridized carbons (Fsp3) is 0. The maximum Gasteiger partial charge on any atom is 0.263 e. The molecule has 4 N–H and O–H groups in total. The van der Waals surface area contributed by atoms with Crippen LogP contribution in [0.5, 0.6) is 0 Å². The molecule has 1 aromatic carbocycles. The van der Waals surface area contributed by atoms with Gasteiger partial charge in [-0.05, 0) is 30.3 Å². The van der Waals surface area contributed by atoms with E-state index in [1.807, 2.05) is 0 Å². The molecule has 0 spiro atoms. The Morgan fingerprint density at radius 3 is 2.55 bits per heavy atom. The van der Waals surface area contributed by atoms with Gasteiger partial charge in [-0.1, -0.05) is 11.6 Å². The highest BCUT2D eigenvalue weighted by molar-refractivity contribution is 7.92. The van der Waals surface area contributed by atoms with Crippen LogP contribution in [-0.4, -0.2) is 13.4 Å². The normalized spacial score (nSPS) is 11.2. The number of benzene rings is 1. The van der Waals surface area contributed by atoms with E-state index in [2.05, 4.69) is 15.1 Å². The van der Waals surface area contributed by atoms with Crippen LogP contribution < -0.4 is 16.0 Å². The number of nitrogens with two attached hydrogens (primary N) is 1. The number of hydrazine groups is 1. The van der Waals surface area contributed by atoms with Gasteiger partial charge in [0.1, 0.15) is 16.5 Å². The third kappa shape index (κ3) is 3.16. The summed E-state index contributed by atoms with van der Waals surface area (Å²) in [4.78, 5) is 3.65. The van der Waals surface area contributed by atoms with Crippen molar-refractivity contribution < 1.29 is 12.8 Å². The maximum atomic E-state index is 13.6. The largest absolute Gasteiger partial charge is 0.308 e. The molecule has 0 radical (unpaired) electrons. The first-order valence-corrected chi connectivity index (χ1v) is 7.19. The van der Waals surface area contributed by atoms with Gasteiger partial charge < -0.3 is 5.43 Å². The summed E-state index contributed by atoms with van der Waals surface area (Å²) in [7, 11) is -3.94. The average Bonchev–Trinajstić information content (AvgIpc) is 2.42. The van der Waals surface area contributed by atoms with Crippen molar-refractivity contribution in [3.63, 3.8) is 0 Å². The van der Waals surface area contributed by atoms with E-state index in [1.54, 1.807) is 0 Å². The fourth-order valence-electron chi connectivity index (χ4n) is 1.40. The fourth-order valence-corrected chi connectivity index (χ4v) is 2.57. The van der Waals surface area contributed by atoms with Crippen molar-refractivity contribution >= 4 is 33.1 Å². The molecule has 0 saturated carbocycles. The van der Waals surface area contributed by atoms with E-state index in [9.17, 15) is 12.8 Å². The standard InChI is InChI=1S/C11H10ClFN4O2S/c12-7-1-3-10(9(13)5-7)17-20(18,19)8-2-4-11(16-14)15-6-8/h1-6,17H,14H2,(H,15,16). The van der Waals surface area contributed by atoms with Gasteiger partial charge in [-0.25, -0.2) is 23.6 Å². The quantitative estimate of drug-likeness (QED) is 0.592. The summed E-state index contributed by atoms with van der Waals surface area (Å²) in [6.07, 6.45) is 1.10. The van der Waals surface area contributed by atoms with Crippen LogP contribution in [0.15, 0.2) is 41.4 Å². The molecule has 6 nitrogen and oxygen atoms in total. The second-order valence-electron chi connectivity index (χ2n) is 3.75. The highest BCUT2D eigenvalue weighted by Gasteiger charge is 2.16. The van der Waals surface area contributed by atoms with E-state index in [1.165, 1.54) is 24.3 Å². The van der Waals surface area contributed by atoms with Gasteiger partial charge in [-0.3, -0.25) is 4.72 Å². The smallest absolute Gasteiger partial charge is 0.263 e. The highest BCUT2D eigenvalue weighted by atomic mass is 35.5. The number of nitrogens with zero attached hydrogens (tertiary/aromatic N) is 1. The van der Waals surface area contributed by atoms with Crippen LogP contribution in [0, 0.1) is 5.82 Å². The van der Waals surface area contributed by atoms with Gasteiger partial charge in [0.05, 0.1) is 5.69 Å². The molecule has 0 saturated heterocycles. The lowest BCUT2D eigenvalue weighted by atomic mass is 10.3. The number of pyridine rings is 1. The SMILES string of the molecule is NNc1ccc(S(=O)(=O)Nc2ccc(Cl)cc2F)cn1. The lowest BCUT2D eigenvalue weighted by Gasteiger charge is -2.09. The van der Waals surface area contributed by atoms with E-state index in [-0.39, 0.29) is 15.6 Å². The van der Waals surface area contributed by atoms with E-state index in [0.717, 1.165) is 12.3 Å². The Labute approximate surface area is 119 Å². The molecule has 106 valence electrons. The van der Waals surface area contributed by atoms with Crippen LogP contribution in [0.4, 0.5) is 15.9 Å². The number of hydrogen-bond donors (Lipinski definition) is 3. The molecule has 0 aliphatic rings. The number of halogens is 2. The monoisotopic (exact) mass is 316 g/mol. The molecule has 1 aromatic heterocycles. The molecule has 0 atom stereocenters. The molecule has 2 rings (SSSR count). The summed E-state index contributed by atoms with van der Waals surface area (Å²) in [5.41, 5.74) is 2.07. The molecule has 1 heterocycles. The van der Waals surface area contributed by atoms with E-state index < -0.39 is 15.8 Å². The second-order valence-corrected chi connectivity index (χ2v) is 5.87. The molecule has 0 aliphatic heterocycles. The highest BCUT2D eigenvalue weighted by Crippen LogP contribution is 2.22. The molecule has 20 heavy (non-hydrogen) atoms. The van der Waals surface area contributed by atoms with Crippen molar-refractivity contribution in [2.45, 2.75) is 4.90 Å². The Hall–Kier alpha value is -1.90. The predicted molar refractivity (Wildman–Crippen MR) is 74.3 cm³/mol. The number of anilines is 2. The minimum atomic E-state index is -3.94. The summed E-state index contributed by atoms with van der Waals surface area (Å²) in [6.45, 7) is 0.